The van der Waals surface area contributed by atoms with Gasteiger partial charge in [0.25, 0.3) is 0 Å². The lowest BCUT2D eigenvalue weighted by atomic mass is 10.1. The third-order valence-corrected chi connectivity index (χ3v) is 3.94. The fraction of sp³-hybridized carbons (Fsp3) is 0.409. The van der Waals surface area contributed by atoms with Crippen molar-refractivity contribution in [2.45, 2.75) is 39.3 Å². The summed E-state index contributed by atoms with van der Waals surface area (Å²) < 4.78 is 10.5. The SMILES string of the molecule is CC(C)(C)OC(=O)N(CC(=O)NCCc1ccccc1)CC(=O)NCc1ccco1. The Balaban J connectivity index is 1.88. The van der Waals surface area contributed by atoms with Crippen LogP contribution in [0, 0.1) is 0 Å². The van der Waals surface area contributed by atoms with Crippen LogP contribution in [0.25, 0.3) is 0 Å². The van der Waals surface area contributed by atoms with E-state index in [4.69, 9.17) is 9.15 Å². The third-order valence-electron chi connectivity index (χ3n) is 3.94. The van der Waals surface area contributed by atoms with Crippen molar-refractivity contribution in [2.75, 3.05) is 19.6 Å². The number of nitrogens with one attached hydrogen (secondary N) is 2. The first kappa shape index (κ1) is 23.0. The molecule has 8 heteroatoms. The average molecular weight is 415 g/mol. The summed E-state index contributed by atoms with van der Waals surface area (Å²) in [6.07, 6.45) is 1.45. The van der Waals surface area contributed by atoms with Gasteiger partial charge in [-0.05, 0) is 44.9 Å². The average Bonchev–Trinajstić information content (AvgIpc) is 3.19. The van der Waals surface area contributed by atoms with E-state index < -0.39 is 17.6 Å². The molecule has 0 bridgehead atoms. The lowest BCUT2D eigenvalue weighted by Crippen LogP contribution is -2.47. The number of amides is 3. The Morgan fingerprint density at radius 3 is 2.23 bits per heavy atom. The van der Waals surface area contributed by atoms with Crippen LogP contribution in [0.3, 0.4) is 0 Å². The maximum Gasteiger partial charge on any atom is 0.411 e. The van der Waals surface area contributed by atoms with E-state index in [0.717, 1.165) is 10.5 Å². The number of carbonyl (C=O) groups excluding carboxylic acids is 3. The van der Waals surface area contributed by atoms with Crippen molar-refractivity contribution in [3.63, 3.8) is 0 Å². The molecule has 2 N–H and O–H groups in total. The highest BCUT2D eigenvalue weighted by molar-refractivity contribution is 5.86. The summed E-state index contributed by atoms with van der Waals surface area (Å²) in [5.41, 5.74) is 0.350. The molecule has 0 aliphatic rings. The number of nitrogens with zero attached hydrogens (tertiary/aromatic N) is 1. The first-order valence-electron chi connectivity index (χ1n) is 9.80. The van der Waals surface area contributed by atoms with Gasteiger partial charge in [0.1, 0.15) is 24.5 Å². The van der Waals surface area contributed by atoms with Crippen molar-refractivity contribution in [1.82, 2.24) is 15.5 Å². The molecule has 0 spiro atoms. The molecule has 1 aromatic heterocycles. The van der Waals surface area contributed by atoms with Crippen LogP contribution < -0.4 is 10.6 Å². The molecule has 0 fully saturated rings. The molecule has 1 aromatic carbocycles. The predicted octanol–water partition coefficient (Wildman–Crippen LogP) is 2.49. The van der Waals surface area contributed by atoms with Crippen LogP contribution in [0.5, 0.6) is 0 Å². The second kappa shape index (κ2) is 11.0. The molecular weight excluding hydrogens is 386 g/mol. The van der Waals surface area contributed by atoms with Gasteiger partial charge in [0, 0.05) is 6.54 Å². The van der Waals surface area contributed by atoms with Gasteiger partial charge < -0.3 is 19.8 Å². The molecule has 0 unspecified atom stereocenters. The standard InChI is InChI=1S/C22H29N3O5/c1-22(2,3)30-21(28)25(16-20(27)24-14-18-10-7-13-29-18)15-19(26)23-12-11-17-8-5-4-6-9-17/h4-10,13H,11-12,14-16H2,1-3H3,(H,23,26)(H,24,27). The zero-order chi connectivity index (χ0) is 22.0. The van der Waals surface area contributed by atoms with Crippen molar-refractivity contribution in [3.05, 3.63) is 60.1 Å². The quantitative estimate of drug-likeness (QED) is 0.655. The molecular formula is C22H29N3O5. The summed E-state index contributed by atoms with van der Waals surface area (Å²) in [5.74, 6) is -0.198. The topological polar surface area (TPSA) is 101 Å². The van der Waals surface area contributed by atoms with Crippen molar-refractivity contribution in [2.24, 2.45) is 0 Å². The molecule has 2 aromatic rings. The van der Waals surface area contributed by atoms with Gasteiger partial charge in [-0.15, -0.1) is 0 Å². The number of carbonyl (C=O) groups is 3. The zero-order valence-electron chi connectivity index (χ0n) is 17.6. The third kappa shape index (κ3) is 8.81. The fourth-order valence-corrected chi connectivity index (χ4v) is 2.56. The molecule has 162 valence electrons. The number of rotatable bonds is 9. The van der Waals surface area contributed by atoms with Crippen LogP contribution in [0.15, 0.2) is 53.1 Å². The summed E-state index contributed by atoms with van der Waals surface area (Å²) >= 11 is 0. The Kier molecular flexibility index (Phi) is 8.46. The minimum Gasteiger partial charge on any atom is -0.467 e. The molecule has 1 heterocycles. The summed E-state index contributed by atoms with van der Waals surface area (Å²) in [4.78, 5) is 38.2. The smallest absolute Gasteiger partial charge is 0.411 e. The Bertz CT molecular complexity index is 813. The van der Waals surface area contributed by atoms with Crippen LogP contribution >= 0.6 is 0 Å². The van der Waals surface area contributed by atoms with E-state index in [-0.39, 0.29) is 25.5 Å². The van der Waals surface area contributed by atoms with E-state index in [0.29, 0.717) is 18.7 Å². The molecule has 0 saturated heterocycles. The van der Waals surface area contributed by atoms with Gasteiger partial charge in [-0.25, -0.2) is 4.79 Å². The van der Waals surface area contributed by atoms with E-state index >= 15 is 0 Å². The van der Waals surface area contributed by atoms with Gasteiger partial charge in [-0.1, -0.05) is 30.3 Å². The molecule has 8 nitrogen and oxygen atoms in total. The highest BCUT2D eigenvalue weighted by Gasteiger charge is 2.25. The van der Waals surface area contributed by atoms with Crippen molar-refractivity contribution in [1.29, 1.82) is 0 Å². The van der Waals surface area contributed by atoms with Gasteiger partial charge >= 0.3 is 6.09 Å². The molecule has 0 atom stereocenters. The number of furan rings is 1. The van der Waals surface area contributed by atoms with Gasteiger partial charge in [-0.2, -0.15) is 0 Å². The van der Waals surface area contributed by atoms with Crippen molar-refractivity contribution >= 4 is 17.9 Å². The second-order valence-corrected chi connectivity index (χ2v) is 7.78. The largest absolute Gasteiger partial charge is 0.467 e. The lowest BCUT2D eigenvalue weighted by molar-refractivity contribution is -0.125. The van der Waals surface area contributed by atoms with E-state index in [1.165, 1.54) is 6.26 Å². The molecule has 30 heavy (non-hydrogen) atoms. The van der Waals surface area contributed by atoms with E-state index in [9.17, 15) is 14.4 Å². The van der Waals surface area contributed by atoms with Gasteiger partial charge in [-0.3, -0.25) is 14.5 Å². The van der Waals surface area contributed by atoms with E-state index in [1.54, 1.807) is 32.9 Å². The first-order chi connectivity index (χ1) is 14.2. The molecule has 2 rings (SSSR count). The predicted molar refractivity (Wildman–Crippen MR) is 112 cm³/mol. The summed E-state index contributed by atoms with van der Waals surface area (Å²) in [7, 11) is 0. The van der Waals surface area contributed by atoms with Crippen LogP contribution in [0.2, 0.25) is 0 Å². The minimum atomic E-state index is -0.746. The molecule has 3 amide bonds. The summed E-state index contributed by atoms with van der Waals surface area (Å²) in [5, 5.41) is 5.43. The minimum absolute atomic E-state index is 0.192. The Hall–Kier alpha value is -3.29. The maximum absolute atomic E-state index is 12.5. The molecule has 0 aliphatic heterocycles. The van der Waals surface area contributed by atoms with Crippen molar-refractivity contribution < 1.29 is 23.5 Å². The number of hydrogen-bond donors (Lipinski definition) is 2. The maximum atomic E-state index is 12.5. The summed E-state index contributed by atoms with van der Waals surface area (Å²) in [6.45, 7) is 5.20. The van der Waals surface area contributed by atoms with Gasteiger partial charge in [0.15, 0.2) is 0 Å². The fourth-order valence-electron chi connectivity index (χ4n) is 2.56. The van der Waals surface area contributed by atoms with Crippen LogP contribution in [-0.2, 0) is 27.3 Å². The van der Waals surface area contributed by atoms with E-state index in [1.807, 2.05) is 30.3 Å². The van der Waals surface area contributed by atoms with E-state index in [2.05, 4.69) is 10.6 Å². The Morgan fingerprint density at radius 2 is 1.63 bits per heavy atom. The van der Waals surface area contributed by atoms with Gasteiger partial charge in [0.2, 0.25) is 11.8 Å². The highest BCUT2D eigenvalue weighted by atomic mass is 16.6. The summed E-state index contributed by atoms with van der Waals surface area (Å²) in [6, 6.07) is 13.2. The lowest BCUT2D eigenvalue weighted by Gasteiger charge is -2.26. The Labute approximate surface area is 176 Å². The zero-order valence-corrected chi connectivity index (χ0v) is 17.6. The number of hydrogen-bond acceptors (Lipinski definition) is 5. The highest BCUT2D eigenvalue weighted by Crippen LogP contribution is 2.10. The number of benzene rings is 1. The normalized spacial score (nSPS) is 10.9. The second-order valence-electron chi connectivity index (χ2n) is 7.78. The Morgan fingerprint density at radius 1 is 0.967 bits per heavy atom. The first-order valence-corrected chi connectivity index (χ1v) is 9.80. The van der Waals surface area contributed by atoms with Crippen LogP contribution in [0.1, 0.15) is 32.1 Å². The van der Waals surface area contributed by atoms with Crippen LogP contribution in [-0.4, -0.2) is 48.0 Å². The van der Waals surface area contributed by atoms with Gasteiger partial charge in [0.05, 0.1) is 12.8 Å². The molecule has 0 radical (unpaired) electrons. The molecule has 0 aliphatic carbocycles. The monoisotopic (exact) mass is 415 g/mol. The van der Waals surface area contributed by atoms with Crippen molar-refractivity contribution in [3.8, 4) is 0 Å². The molecule has 0 saturated carbocycles. The van der Waals surface area contributed by atoms with Crippen LogP contribution in [0.4, 0.5) is 4.79 Å². The number of ether oxygens (including phenoxy) is 1.